The Morgan fingerprint density at radius 1 is 1.19 bits per heavy atom. The number of aromatic nitrogens is 1. The second kappa shape index (κ2) is 8.62. The first-order valence-corrected chi connectivity index (χ1v) is 9.36. The average Bonchev–Trinajstić information content (AvgIpc) is 2.65. The number of pyridine rings is 1. The molecule has 1 aromatic carbocycles. The van der Waals surface area contributed by atoms with E-state index in [0.717, 1.165) is 38.4 Å². The molecule has 138 valence electrons. The minimum atomic E-state index is -0.383. The van der Waals surface area contributed by atoms with Gasteiger partial charge in [0.25, 0.3) is 11.5 Å². The number of benzene rings is 1. The molecule has 6 nitrogen and oxygen atoms in total. The number of rotatable bonds is 5. The minimum Gasteiger partial charge on any atom is -0.379 e. The van der Waals surface area contributed by atoms with Crippen LogP contribution < -0.4 is 10.9 Å². The van der Waals surface area contributed by atoms with E-state index in [4.69, 9.17) is 4.74 Å². The van der Waals surface area contributed by atoms with Crippen LogP contribution in [0.5, 0.6) is 0 Å². The monoisotopic (exact) mass is 419 g/mol. The Bertz CT molecular complexity index is 844. The largest absolute Gasteiger partial charge is 0.379 e. The van der Waals surface area contributed by atoms with Gasteiger partial charge < -0.3 is 14.6 Å². The van der Waals surface area contributed by atoms with E-state index in [1.54, 1.807) is 16.8 Å². The Balaban J connectivity index is 1.81. The maximum absolute atomic E-state index is 12.6. The van der Waals surface area contributed by atoms with Crippen molar-refractivity contribution < 1.29 is 9.53 Å². The first kappa shape index (κ1) is 18.8. The number of nitrogens with zero attached hydrogens (tertiary/aromatic N) is 2. The Kier molecular flexibility index (Phi) is 6.24. The molecule has 0 spiro atoms. The predicted molar refractivity (Wildman–Crippen MR) is 103 cm³/mol. The number of halogens is 1. The molecule has 0 unspecified atom stereocenters. The van der Waals surface area contributed by atoms with Crippen LogP contribution in [-0.4, -0.2) is 48.7 Å². The van der Waals surface area contributed by atoms with Gasteiger partial charge in [0.05, 0.1) is 19.8 Å². The maximum Gasteiger partial charge on any atom is 0.263 e. The Morgan fingerprint density at radius 3 is 2.58 bits per heavy atom. The second-order valence-corrected chi connectivity index (χ2v) is 7.21. The number of morpholine rings is 1. The van der Waals surface area contributed by atoms with Gasteiger partial charge in [-0.05, 0) is 33.1 Å². The van der Waals surface area contributed by atoms with Crippen LogP contribution in [0.25, 0.3) is 0 Å². The van der Waals surface area contributed by atoms with Gasteiger partial charge in [-0.25, -0.2) is 0 Å². The Morgan fingerprint density at radius 2 is 1.88 bits per heavy atom. The Hall–Kier alpha value is -1.96. The van der Waals surface area contributed by atoms with Gasteiger partial charge in [-0.15, -0.1) is 0 Å². The van der Waals surface area contributed by atoms with Gasteiger partial charge in [0.1, 0.15) is 5.56 Å². The highest BCUT2D eigenvalue weighted by Crippen LogP contribution is 2.13. The summed E-state index contributed by atoms with van der Waals surface area (Å²) in [5, 5.41) is 2.51. The maximum atomic E-state index is 12.6. The molecule has 1 aliphatic rings. The molecular formula is C19H22BrN3O3. The van der Waals surface area contributed by atoms with Gasteiger partial charge in [-0.2, -0.15) is 0 Å². The van der Waals surface area contributed by atoms with E-state index < -0.39 is 0 Å². The van der Waals surface area contributed by atoms with Crippen molar-refractivity contribution in [2.75, 3.05) is 33.4 Å². The van der Waals surface area contributed by atoms with E-state index in [1.807, 2.05) is 12.1 Å². The van der Waals surface area contributed by atoms with E-state index in [1.165, 1.54) is 12.6 Å². The van der Waals surface area contributed by atoms with Crippen molar-refractivity contribution in [3.05, 3.63) is 68.0 Å². The summed E-state index contributed by atoms with van der Waals surface area (Å²) in [6, 6.07) is 9.76. The summed E-state index contributed by atoms with van der Waals surface area (Å²) in [5.74, 6) is -0.383. The van der Waals surface area contributed by atoms with Crippen molar-refractivity contribution in [3.63, 3.8) is 0 Å². The number of carbonyl (C=O) groups excluding carboxylic acids is 1. The molecule has 26 heavy (non-hydrogen) atoms. The molecule has 1 saturated heterocycles. The summed E-state index contributed by atoms with van der Waals surface area (Å²) in [6.45, 7) is 4.70. The summed E-state index contributed by atoms with van der Waals surface area (Å²) < 4.78 is 7.64. The van der Waals surface area contributed by atoms with Gasteiger partial charge in [0.15, 0.2) is 0 Å². The number of ether oxygens (including phenoxy) is 1. The van der Waals surface area contributed by atoms with Crippen molar-refractivity contribution in [1.29, 1.82) is 0 Å². The second-order valence-electron chi connectivity index (χ2n) is 6.29. The smallest absolute Gasteiger partial charge is 0.263 e. The lowest BCUT2D eigenvalue weighted by atomic mass is 10.1. The van der Waals surface area contributed by atoms with Gasteiger partial charge in [0, 0.05) is 37.4 Å². The topological polar surface area (TPSA) is 63.6 Å². The van der Waals surface area contributed by atoms with Crippen LogP contribution >= 0.6 is 15.9 Å². The molecule has 1 amide bonds. The van der Waals surface area contributed by atoms with Crippen LogP contribution in [0.15, 0.2) is 45.8 Å². The summed E-state index contributed by atoms with van der Waals surface area (Å²) in [5.41, 5.74) is 2.07. The highest BCUT2D eigenvalue weighted by atomic mass is 79.9. The normalized spacial score (nSPS) is 15.0. The van der Waals surface area contributed by atoms with Crippen molar-refractivity contribution in [1.82, 2.24) is 14.8 Å². The van der Waals surface area contributed by atoms with Crippen LogP contribution in [0.3, 0.4) is 0 Å². The molecular weight excluding hydrogens is 398 g/mol. The molecule has 1 N–H and O–H groups in total. The highest BCUT2D eigenvalue weighted by molar-refractivity contribution is 9.10. The number of hydrogen-bond acceptors (Lipinski definition) is 4. The first-order chi connectivity index (χ1) is 12.6. The third kappa shape index (κ3) is 4.60. The van der Waals surface area contributed by atoms with Crippen molar-refractivity contribution >= 4 is 21.8 Å². The zero-order valence-corrected chi connectivity index (χ0v) is 16.3. The molecule has 2 heterocycles. The van der Waals surface area contributed by atoms with E-state index in [9.17, 15) is 9.59 Å². The fraction of sp³-hybridized carbons (Fsp3) is 0.368. The van der Waals surface area contributed by atoms with E-state index in [2.05, 4.69) is 38.3 Å². The standard InChI is InChI=1S/C19H22BrN3O3/c1-21-18(24)17-10-16(20)13-23(19(17)25)12-15-4-2-3-14(9-15)11-22-5-7-26-8-6-22/h2-4,9-10,13H,5-8,11-12H2,1H3,(H,21,24). The molecule has 7 heteroatoms. The fourth-order valence-corrected chi connectivity index (χ4v) is 3.53. The van der Waals surface area contributed by atoms with Crippen LogP contribution in [0.1, 0.15) is 21.5 Å². The van der Waals surface area contributed by atoms with E-state index in [0.29, 0.717) is 11.0 Å². The quantitative estimate of drug-likeness (QED) is 0.802. The van der Waals surface area contributed by atoms with E-state index in [-0.39, 0.29) is 17.0 Å². The lowest BCUT2D eigenvalue weighted by Crippen LogP contribution is -2.35. The fourth-order valence-electron chi connectivity index (χ4n) is 3.05. The first-order valence-electron chi connectivity index (χ1n) is 8.57. The third-order valence-corrected chi connectivity index (χ3v) is 4.81. The summed E-state index contributed by atoms with van der Waals surface area (Å²) in [7, 11) is 1.52. The molecule has 0 atom stereocenters. The van der Waals surface area contributed by atoms with Crippen molar-refractivity contribution in [2.45, 2.75) is 13.1 Å². The van der Waals surface area contributed by atoms with Crippen LogP contribution in [-0.2, 0) is 17.8 Å². The zero-order valence-electron chi connectivity index (χ0n) is 14.7. The SMILES string of the molecule is CNC(=O)c1cc(Br)cn(Cc2cccc(CN3CCOCC3)c2)c1=O. The molecule has 3 rings (SSSR count). The number of carbonyl (C=O) groups is 1. The summed E-state index contributed by atoms with van der Waals surface area (Å²) in [6.07, 6.45) is 1.71. The van der Waals surface area contributed by atoms with E-state index >= 15 is 0 Å². The molecule has 1 aromatic heterocycles. The van der Waals surface area contributed by atoms with Crippen LogP contribution in [0.2, 0.25) is 0 Å². The lowest BCUT2D eigenvalue weighted by molar-refractivity contribution is 0.0342. The van der Waals surface area contributed by atoms with Gasteiger partial charge >= 0.3 is 0 Å². The van der Waals surface area contributed by atoms with Crippen LogP contribution in [0.4, 0.5) is 0 Å². The number of nitrogens with one attached hydrogen (secondary N) is 1. The van der Waals surface area contributed by atoms with Gasteiger partial charge in [-0.1, -0.05) is 24.3 Å². The number of amides is 1. The highest BCUT2D eigenvalue weighted by Gasteiger charge is 2.14. The van der Waals surface area contributed by atoms with Crippen molar-refractivity contribution in [2.24, 2.45) is 0 Å². The Labute approximate surface area is 160 Å². The molecule has 0 aliphatic carbocycles. The lowest BCUT2D eigenvalue weighted by Gasteiger charge is -2.26. The van der Waals surface area contributed by atoms with Gasteiger partial charge in [0.2, 0.25) is 0 Å². The average molecular weight is 420 g/mol. The predicted octanol–water partition coefficient (Wildman–Crippen LogP) is 1.85. The summed E-state index contributed by atoms with van der Waals surface area (Å²) in [4.78, 5) is 26.9. The third-order valence-electron chi connectivity index (χ3n) is 4.38. The number of hydrogen-bond donors (Lipinski definition) is 1. The summed E-state index contributed by atoms with van der Waals surface area (Å²) >= 11 is 3.38. The molecule has 0 radical (unpaired) electrons. The molecule has 0 saturated carbocycles. The minimum absolute atomic E-state index is 0.131. The van der Waals surface area contributed by atoms with Crippen LogP contribution in [0, 0.1) is 0 Å². The van der Waals surface area contributed by atoms with Crippen molar-refractivity contribution in [3.8, 4) is 0 Å². The molecule has 0 bridgehead atoms. The molecule has 1 fully saturated rings. The zero-order chi connectivity index (χ0) is 18.5. The molecule has 1 aliphatic heterocycles. The molecule has 2 aromatic rings. The van der Waals surface area contributed by atoms with Gasteiger partial charge in [-0.3, -0.25) is 14.5 Å².